The lowest BCUT2D eigenvalue weighted by atomic mass is 10.2. The topological polar surface area (TPSA) is 57.2 Å². The second-order valence-electron chi connectivity index (χ2n) is 6.66. The summed E-state index contributed by atoms with van der Waals surface area (Å²) in [5.41, 5.74) is 1.25. The maximum Gasteiger partial charge on any atom is 0.247 e. The van der Waals surface area contributed by atoms with Crippen LogP contribution in [0.4, 0.5) is 11.8 Å². The molecule has 2 aromatic rings. The van der Waals surface area contributed by atoms with Crippen LogP contribution in [0.15, 0.2) is 42.6 Å². The highest BCUT2D eigenvalue weighted by Crippen LogP contribution is 2.23. The molecule has 6 nitrogen and oxygen atoms in total. The fourth-order valence-corrected chi connectivity index (χ4v) is 2.97. The first-order valence-corrected chi connectivity index (χ1v) is 9.02. The van der Waals surface area contributed by atoms with Crippen molar-refractivity contribution in [3.8, 4) is 0 Å². The number of hydrogen-bond donors (Lipinski definition) is 1. The predicted molar refractivity (Wildman–Crippen MR) is 101 cm³/mol. The average Bonchev–Trinajstić information content (AvgIpc) is 3.47. The van der Waals surface area contributed by atoms with Crippen LogP contribution in [-0.2, 0) is 0 Å². The summed E-state index contributed by atoms with van der Waals surface area (Å²) in [4.78, 5) is 9.29. The first-order chi connectivity index (χ1) is 12.4. The number of rotatable bonds is 6. The molecule has 0 atom stereocenters. The number of hydrogen-bond acceptors (Lipinski definition) is 6. The van der Waals surface area contributed by atoms with Gasteiger partial charge in [-0.05, 0) is 18.4 Å². The van der Waals surface area contributed by atoms with Crippen molar-refractivity contribution in [1.29, 1.82) is 0 Å². The van der Waals surface area contributed by atoms with E-state index < -0.39 is 0 Å². The molecule has 2 aliphatic rings. The Labute approximate surface area is 148 Å². The molecule has 1 N–H and O–H groups in total. The van der Waals surface area contributed by atoms with Gasteiger partial charge in [0.1, 0.15) is 0 Å². The van der Waals surface area contributed by atoms with E-state index in [1.807, 2.05) is 6.07 Å². The summed E-state index contributed by atoms with van der Waals surface area (Å²) >= 11 is 0. The summed E-state index contributed by atoms with van der Waals surface area (Å²) in [5.74, 6) is 1.59. The number of nitrogens with zero attached hydrogens (tertiary/aromatic N) is 5. The van der Waals surface area contributed by atoms with Gasteiger partial charge in [0, 0.05) is 38.8 Å². The van der Waals surface area contributed by atoms with E-state index in [4.69, 9.17) is 0 Å². The van der Waals surface area contributed by atoms with Crippen molar-refractivity contribution < 1.29 is 0 Å². The normalized spacial score (nSPS) is 18.6. The minimum Gasteiger partial charge on any atom is -0.366 e. The Kier molecular flexibility index (Phi) is 4.88. The maximum atomic E-state index is 4.61. The molecule has 2 fully saturated rings. The molecular weight excluding hydrogens is 312 g/mol. The number of nitrogens with one attached hydrogen (secondary N) is 1. The standard InChI is InChI=1S/C19H24N6/c1-2-5-16(6-3-1)7-4-10-24-11-13-25(14-12-24)19-22-18(15-20-23-19)21-17-8-9-17/h1-7,15,17H,8-14H2,(H,21,22,23)/b7-4+. The lowest BCUT2D eigenvalue weighted by Crippen LogP contribution is -2.47. The van der Waals surface area contributed by atoms with E-state index in [1.165, 1.54) is 18.4 Å². The zero-order valence-electron chi connectivity index (χ0n) is 14.4. The Balaban J connectivity index is 1.27. The van der Waals surface area contributed by atoms with Crippen LogP contribution in [0.5, 0.6) is 0 Å². The van der Waals surface area contributed by atoms with Crippen LogP contribution in [0.2, 0.25) is 0 Å². The van der Waals surface area contributed by atoms with Crippen LogP contribution in [0.3, 0.4) is 0 Å². The van der Waals surface area contributed by atoms with Crippen LogP contribution >= 0.6 is 0 Å². The largest absolute Gasteiger partial charge is 0.366 e. The van der Waals surface area contributed by atoms with E-state index in [2.05, 4.69) is 66.7 Å². The molecule has 1 aliphatic heterocycles. The fourth-order valence-electron chi connectivity index (χ4n) is 2.97. The number of benzene rings is 1. The highest BCUT2D eigenvalue weighted by molar-refractivity contribution is 5.48. The summed E-state index contributed by atoms with van der Waals surface area (Å²) in [6, 6.07) is 11.0. The van der Waals surface area contributed by atoms with Crippen LogP contribution in [0.25, 0.3) is 6.08 Å². The lowest BCUT2D eigenvalue weighted by molar-refractivity contribution is 0.282. The second-order valence-corrected chi connectivity index (χ2v) is 6.66. The van der Waals surface area contributed by atoms with Gasteiger partial charge >= 0.3 is 0 Å². The van der Waals surface area contributed by atoms with Gasteiger partial charge in [-0.1, -0.05) is 42.5 Å². The first-order valence-electron chi connectivity index (χ1n) is 9.02. The van der Waals surface area contributed by atoms with E-state index in [9.17, 15) is 0 Å². The molecule has 1 aromatic carbocycles. The van der Waals surface area contributed by atoms with Crippen molar-refractivity contribution >= 4 is 17.8 Å². The summed E-state index contributed by atoms with van der Waals surface area (Å²) in [6.45, 7) is 4.89. The third-order valence-electron chi connectivity index (χ3n) is 4.61. The molecule has 0 radical (unpaired) electrons. The van der Waals surface area contributed by atoms with Gasteiger partial charge in [0.25, 0.3) is 0 Å². The lowest BCUT2D eigenvalue weighted by Gasteiger charge is -2.33. The smallest absolute Gasteiger partial charge is 0.247 e. The predicted octanol–water partition coefficient (Wildman–Crippen LogP) is 2.28. The molecular formula is C19H24N6. The number of anilines is 2. The van der Waals surface area contributed by atoms with E-state index in [0.717, 1.165) is 44.5 Å². The third-order valence-corrected chi connectivity index (χ3v) is 4.61. The third kappa shape index (κ3) is 4.54. The summed E-state index contributed by atoms with van der Waals surface area (Å²) in [5, 5.41) is 11.7. The molecule has 0 unspecified atom stereocenters. The van der Waals surface area contributed by atoms with Crippen LogP contribution in [0.1, 0.15) is 18.4 Å². The minimum absolute atomic E-state index is 0.581. The molecule has 0 spiro atoms. The van der Waals surface area contributed by atoms with Gasteiger partial charge in [-0.15, -0.1) is 5.10 Å². The molecule has 1 saturated heterocycles. The Morgan fingerprint density at radius 2 is 1.88 bits per heavy atom. The zero-order valence-corrected chi connectivity index (χ0v) is 14.4. The highest BCUT2D eigenvalue weighted by Gasteiger charge is 2.23. The van der Waals surface area contributed by atoms with E-state index in [0.29, 0.717) is 6.04 Å². The second kappa shape index (κ2) is 7.61. The van der Waals surface area contributed by atoms with Crippen molar-refractivity contribution in [3.63, 3.8) is 0 Å². The van der Waals surface area contributed by atoms with Crippen LogP contribution < -0.4 is 10.2 Å². The Bertz CT molecular complexity index is 705. The van der Waals surface area contributed by atoms with Gasteiger partial charge in [0.2, 0.25) is 5.95 Å². The molecule has 2 heterocycles. The Hall–Kier alpha value is -2.47. The van der Waals surface area contributed by atoms with E-state index in [1.54, 1.807) is 6.20 Å². The zero-order chi connectivity index (χ0) is 16.9. The van der Waals surface area contributed by atoms with Crippen LogP contribution in [-0.4, -0.2) is 58.8 Å². The molecule has 1 aromatic heterocycles. The van der Waals surface area contributed by atoms with Gasteiger partial charge in [0.05, 0.1) is 6.20 Å². The molecule has 25 heavy (non-hydrogen) atoms. The molecule has 0 amide bonds. The highest BCUT2D eigenvalue weighted by atomic mass is 15.4. The minimum atomic E-state index is 0.581. The van der Waals surface area contributed by atoms with Gasteiger partial charge < -0.3 is 10.2 Å². The molecule has 1 saturated carbocycles. The SMILES string of the molecule is C(=C\c1ccccc1)/CN1CCN(c2nncc(NC3CC3)n2)CC1. The average molecular weight is 336 g/mol. The van der Waals surface area contributed by atoms with Crippen molar-refractivity contribution in [2.75, 3.05) is 42.9 Å². The molecule has 6 heteroatoms. The summed E-state index contributed by atoms with van der Waals surface area (Å²) in [7, 11) is 0. The fraction of sp³-hybridized carbons (Fsp3) is 0.421. The van der Waals surface area contributed by atoms with E-state index in [-0.39, 0.29) is 0 Å². The van der Waals surface area contributed by atoms with Gasteiger partial charge in [-0.3, -0.25) is 4.90 Å². The summed E-state index contributed by atoms with van der Waals surface area (Å²) < 4.78 is 0. The van der Waals surface area contributed by atoms with Gasteiger partial charge in [-0.25, -0.2) is 0 Å². The maximum absolute atomic E-state index is 4.61. The van der Waals surface area contributed by atoms with Crippen LogP contribution in [0, 0.1) is 0 Å². The number of aromatic nitrogens is 3. The van der Waals surface area contributed by atoms with Crippen molar-refractivity contribution in [2.45, 2.75) is 18.9 Å². The molecule has 1 aliphatic carbocycles. The Morgan fingerprint density at radius 3 is 2.64 bits per heavy atom. The van der Waals surface area contributed by atoms with Crippen molar-refractivity contribution in [3.05, 3.63) is 48.2 Å². The monoisotopic (exact) mass is 336 g/mol. The van der Waals surface area contributed by atoms with Gasteiger partial charge in [0.15, 0.2) is 5.82 Å². The Morgan fingerprint density at radius 1 is 1.08 bits per heavy atom. The van der Waals surface area contributed by atoms with Crippen molar-refractivity contribution in [2.24, 2.45) is 0 Å². The summed E-state index contributed by atoms with van der Waals surface area (Å²) in [6.07, 6.45) is 8.60. The van der Waals surface area contributed by atoms with Crippen molar-refractivity contribution in [1.82, 2.24) is 20.1 Å². The molecule has 4 rings (SSSR count). The van der Waals surface area contributed by atoms with E-state index >= 15 is 0 Å². The van der Waals surface area contributed by atoms with Gasteiger partial charge in [-0.2, -0.15) is 10.1 Å². The quantitative estimate of drug-likeness (QED) is 0.873. The molecule has 130 valence electrons. The first kappa shape index (κ1) is 16.0. The molecule has 0 bridgehead atoms. The number of piperazine rings is 1.